The highest BCUT2D eigenvalue weighted by Gasteiger charge is 2.35. The lowest BCUT2D eigenvalue weighted by Crippen LogP contribution is -2.22. The number of hydrogen-bond donors (Lipinski definition) is 0. The third kappa shape index (κ3) is 2.48. The lowest BCUT2D eigenvalue weighted by Gasteiger charge is -2.22. The fourth-order valence-corrected chi connectivity index (χ4v) is 2.94. The van der Waals surface area contributed by atoms with E-state index in [4.69, 9.17) is 0 Å². The molecule has 0 N–H and O–H groups in total. The molecule has 16 heavy (non-hydrogen) atoms. The largest absolute Gasteiger partial charge is 0.418 e. The van der Waals surface area contributed by atoms with Crippen molar-refractivity contribution in [1.82, 2.24) is 0 Å². The Morgan fingerprint density at radius 3 is 2.62 bits per heavy atom. The highest BCUT2D eigenvalue weighted by Crippen LogP contribution is 2.39. The van der Waals surface area contributed by atoms with Gasteiger partial charge in [-0.1, -0.05) is 15.9 Å². The van der Waals surface area contributed by atoms with E-state index in [0.717, 1.165) is 11.8 Å². The Bertz CT molecular complexity index is 388. The molecule has 2 rings (SSSR count). The summed E-state index contributed by atoms with van der Waals surface area (Å²) in [5, 5.41) is 0. The van der Waals surface area contributed by atoms with Gasteiger partial charge in [-0.25, -0.2) is 0 Å². The Hall–Kier alpha value is -0.360. The first-order valence-corrected chi connectivity index (χ1v) is 6.63. The van der Waals surface area contributed by atoms with Crippen molar-refractivity contribution in [2.45, 2.75) is 6.18 Å². The molecular formula is C10H9BrF3NS. The molecule has 0 bridgehead atoms. The van der Waals surface area contributed by atoms with Gasteiger partial charge in [-0.2, -0.15) is 13.2 Å². The second-order valence-corrected chi connectivity index (χ2v) is 5.45. The van der Waals surface area contributed by atoms with E-state index in [1.807, 2.05) is 0 Å². The van der Waals surface area contributed by atoms with E-state index in [2.05, 4.69) is 15.9 Å². The average molecular weight is 312 g/mol. The number of nitrogens with zero attached hydrogens (tertiary/aromatic N) is 1. The van der Waals surface area contributed by atoms with Crippen molar-refractivity contribution in [2.24, 2.45) is 0 Å². The standard InChI is InChI=1S/C10H9BrF3NS/c11-7-1-2-9(15-3-4-16-6-15)8(5-7)10(12,13)14/h1-2,5H,3-4,6H2. The number of anilines is 1. The van der Waals surface area contributed by atoms with Crippen LogP contribution in [0.5, 0.6) is 0 Å². The highest BCUT2D eigenvalue weighted by atomic mass is 79.9. The van der Waals surface area contributed by atoms with E-state index in [9.17, 15) is 13.2 Å². The average Bonchev–Trinajstić information content (AvgIpc) is 2.69. The van der Waals surface area contributed by atoms with E-state index in [1.165, 1.54) is 6.07 Å². The quantitative estimate of drug-likeness (QED) is 0.772. The van der Waals surface area contributed by atoms with Crippen molar-refractivity contribution < 1.29 is 13.2 Å². The molecule has 1 aliphatic rings. The van der Waals surface area contributed by atoms with E-state index in [1.54, 1.807) is 22.7 Å². The zero-order valence-corrected chi connectivity index (χ0v) is 10.6. The van der Waals surface area contributed by atoms with E-state index >= 15 is 0 Å². The first-order chi connectivity index (χ1) is 7.48. The van der Waals surface area contributed by atoms with E-state index < -0.39 is 11.7 Å². The topological polar surface area (TPSA) is 3.24 Å². The Morgan fingerprint density at radius 2 is 2.06 bits per heavy atom. The van der Waals surface area contributed by atoms with Gasteiger partial charge in [0, 0.05) is 22.5 Å². The molecular weight excluding hydrogens is 303 g/mol. The van der Waals surface area contributed by atoms with Crippen LogP contribution in [0.3, 0.4) is 0 Å². The van der Waals surface area contributed by atoms with Crippen LogP contribution >= 0.6 is 27.7 Å². The number of alkyl halides is 3. The van der Waals surface area contributed by atoms with Crippen molar-refractivity contribution in [2.75, 3.05) is 23.1 Å². The summed E-state index contributed by atoms with van der Waals surface area (Å²) >= 11 is 4.72. The Labute approximate surface area is 104 Å². The maximum atomic E-state index is 12.8. The van der Waals surface area contributed by atoms with Gasteiger partial charge in [-0.05, 0) is 18.2 Å². The SMILES string of the molecule is FC(F)(F)c1cc(Br)ccc1N1CCSC1. The summed E-state index contributed by atoms with van der Waals surface area (Å²) in [7, 11) is 0. The Balaban J connectivity index is 2.43. The molecule has 6 heteroatoms. The number of hydrogen-bond acceptors (Lipinski definition) is 2. The third-order valence-electron chi connectivity index (χ3n) is 2.36. The number of halogens is 4. The molecule has 0 unspecified atom stereocenters. The van der Waals surface area contributed by atoms with Gasteiger partial charge >= 0.3 is 6.18 Å². The molecule has 1 nitrogen and oxygen atoms in total. The van der Waals surface area contributed by atoms with Crippen LogP contribution in [0.2, 0.25) is 0 Å². The molecule has 0 aromatic heterocycles. The molecule has 0 spiro atoms. The molecule has 0 radical (unpaired) electrons. The summed E-state index contributed by atoms with van der Waals surface area (Å²) in [5.74, 6) is 1.51. The number of thioether (sulfide) groups is 1. The molecule has 0 amide bonds. The van der Waals surface area contributed by atoms with Crippen LogP contribution in [0.15, 0.2) is 22.7 Å². The van der Waals surface area contributed by atoms with Gasteiger partial charge in [0.15, 0.2) is 0 Å². The minimum absolute atomic E-state index is 0.278. The van der Waals surface area contributed by atoms with Crippen LogP contribution < -0.4 is 4.90 Å². The first kappa shape index (κ1) is 12.1. The highest BCUT2D eigenvalue weighted by molar-refractivity contribution is 9.10. The normalized spacial score (nSPS) is 16.9. The minimum Gasteiger partial charge on any atom is -0.361 e. The van der Waals surface area contributed by atoms with E-state index in [0.29, 0.717) is 16.9 Å². The molecule has 1 saturated heterocycles. The fourth-order valence-electron chi connectivity index (χ4n) is 1.62. The summed E-state index contributed by atoms with van der Waals surface area (Å²) in [4.78, 5) is 1.76. The smallest absolute Gasteiger partial charge is 0.361 e. The molecule has 0 atom stereocenters. The maximum Gasteiger partial charge on any atom is 0.418 e. The van der Waals surface area contributed by atoms with Crippen LogP contribution in [0, 0.1) is 0 Å². The van der Waals surface area contributed by atoms with Gasteiger partial charge in [0.1, 0.15) is 0 Å². The van der Waals surface area contributed by atoms with Crippen molar-refractivity contribution in [1.29, 1.82) is 0 Å². The summed E-state index contributed by atoms with van der Waals surface area (Å²) < 4.78 is 38.9. The molecule has 0 saturated carbocycles. The molecule has 1 aromatic rings. The monoisotopic (exact) mass is 311 g/mol. The van der Waals surface area contributed by atoms with Crippen LogP contribution in [0.25, 0.3) is 0 Å². The van der Waals surface area contributed by atoms with Gasteiger partial charge in [0.05, 0.1) is 11.4 Å². The molecule has 1 aromatic carbocycles. The summed E-state index contributed by atoms with van der Waals surface area (Å²) in [6, 6.07) is 4.31. The predicted octanol–water partition coefficient (Wildman–Crippen LogP) is 3.98. The lowest BCUT2D eigenvalue weighted by molar-refractivity contribution is -0.137. The van der Waals surface area contributed by atoms with Crippen LogP contribution in [-0.4, -0.2) is 18.2 Å². The van der Waals surface area contributed by atoms with E-state index in [-0.39, 0.29) is 5.69 Å². The molecule has 0 aliphatic carbocycles. The second kappa shape index (κ2) is 4.49. The zero-order chi connectivity index (χ0) is 11.8. The molecule has 88 valence electrons. The number of benzene rings is 1. The summed E-state index contributed by atoms with van der Waals surface area (Å²) in [5.41, 5.74) is -0.287. The first-order valence-electron chi connectivity index (χ1n) is 4.68. The molecule has 1 heterocycles. The Morgan fingerprint density at radius 1 is 1.31 bits per heavy atom. The van der Waals surface area contributed by atoms with Crippen molar-refractivity contribution >= 4 is 33.4 Å². The lowest BCUT2D eigenvalue weighted by atomic mass is 10.1. The fraction of sp³-hybridized carbons (Fsp3) is 0.400. The van der Waals surface area contributed by atoms with Gasteiger partial charge in [0.25, 0.3) is 0 Å². The predicted molar refractivity (Wildman–Crippen MR) is 63.8 cm³/mol. The van der Waals surface area contributed by atoms with Crippen molar-refractivity contribution in [3.8, 4) is 0 Å². The van der Waals surface area contributed by atoms with Crippen LogP contribution in [0.4, 0.5) is 18.9 Å². The van der Waals surface area contributed by atoms with Gasteiger partial charge in [-0.3, -0.25) is 0 Å². The summed E-state index contributed by atoms with van der Waals surface area (Å²) in [6.45, 7) is 0.676. The van der Waals surface area contributed by atoms with Crippen LogP contribution in [0.1, 0.15) is 5.56 Å². The summed E-state index contributed by atoms with van der Waals surface area (Å²) in [6.07, 6.45) is -4.30. The second-order valence-electron chi connectivity index (χ2n) is 3.46. The van der Waals surface area contributed by atoms with Crippen LogP contribution in [-0.2, 0) is 6.18 Å². The maximum absolute atomic E-state index is 12.8. The van der Waals surface area contributed by atoms with Gasteiger partial charge in [-0.15, -0.1) is 11.8 Å². The number of rotatable bonds is 1. The molecule has 1 fully saturated rings. The van der Waals surface area contributed by atoms with Crippen molar-refractivity contribution in [3.05, 3.63) is 28.2 Å². The third-order valence-corrected chi connectivity index (χ3v) is 3.82. The Kier molecular flexibility index (Phi) is 3.39. The van der Waals surface area contributed by atoms with Gasteiger partial charge < -0.3 is 4.90 Å². The van der Waals surface area contributed by atoms with Gasteiger partial charge in [0.2, 0.25) is 0 Å². The minimum atomic E-state index is -4.30. The zero-order valence-electron chi connectivity index (χ0n) is 8.22. The van der Waals surface area contributed by atoms with Crippen molar-refractivity contribution in [3.63, 3.8) is 0 Å². The molecule has 1 aliphatic heterocycles.